The van der Waals surface area contributed by atoms with Crippen LogP contribution in [0, 0.1) is 5.92 Å². The number of carbonyl (C=O) groups excluding carboxylic acids is 1. The summed E-state index contributed by atoms with van der Waals surface area (Å²) in [6, 6.07) is 0. The molecular formula is C13H22N2O2. The van der Waals surface area contributed by atoms with Crippen molar-refractivity contribution in [1.82, 2.24) is 9.80 Å². The third-order valence-corrected chi connectivity index (χ3v) is 4.46. The van der Waals surface area contributed by atoms with Gasteiger partial charge in [-0.15, -0.1) is 0 Å². The molecule has 0 bridgehead atoms. The molecule has 0 aromatic heterocycles. The van der Waals surface area contributed by atoms with Crippen LogP contribution >= 0.6 is 0 Å². The summed E-state index contributed by atoms with van der Waals surface area (Å²) < 4.78 is 0. The van der Waals surface area contributed by atoms with E-state index in [1.165, 1.54) is 12.8 Å². The molecule has 0 radical (unpaired) electrons. The van der Waals surface area contributed by atoms with Crippen molar-refractivity contribution >= 4 is 5.91 Å². The summed E-state index contributed by atoms with van der Waals surface area (Å²) in [7, 11) is 0. The number of hydrogen-bond acceptors (Lipinski definition) is 3. The van der Waals surface area contributed by atoms with Gasteiger partial charge in [-0.2, -0.15) is 0 Å². The summed E-state index contributed by atoms with van der Waals surface area (Å²) in [6.07, 6.45) is 5.47. The average Bonchev–Trinajstić information content (AvgIpc) is 3.00. The fourth-order valence-electron chi connectivity index (χ4n) is 3.09. The van der Waals surface area contributed by atoms with Crippen molar-refractivity contribution in [3.8, 4) is 0 Å². The van der Waals surface area contributed by atoms with Crippen LogP contribution in [0.2, 0.25) is 0 Å². The topological polar surface area (TPSA) is 43.8 Å². The van der Waals surface area contributed by atoms with Crippen molar-refractivity contribution in [2.45, 2.75) is 37.7 Å². The van der Waals surface area contributed by atoms with Gasteiger partial charge in [0.15, 0.2) is 0 Å². The third-order valence-electron chi connectivity index (χ3n) is 4.46. The molecule has 1 N–H and O–H groups in total. The molecule has 0 spiro atoms. The van der Waals surface area contributed by atoms with Gasteiger partial charge in [0.25, 0.3) is 0 Å². The van der Waals surface area contributed by atoms with Crippen LogP contribution in [0.15, 0.2) is 0 Å². The zero-order valence-electron chi connectivity index (χ0n) is 10.4. The van der Waals surface area contributed by atoms with Crippen LogP contribution < -0.4 is 0 Å². The van der Waals surface area contributed by atoms with Crippen molar-refractivity contribution in [2.75, 3.05) is 32.7 Å². The molecule has 4 heteroatoms. The lowest BCUT2D eigenvalue weighted by Crippen LogP contribution is -2.64. The van der Waals surface area contributed by atoms with E-state index in [9.17, 15) is 9.90 Å². The maximum atomic E-state index is 11.9. The van der Waals surface area contributed by atoms with Crippen LogP contribution in [0.25, 0.3) is 0 Å². The quantitative estimate of drug-likeness (QED) is 0.773. The Morgan fingerprint density at radius 3 is 2.47 bits per heavy atom. The highest BCUT2D eigenvalue weighted by Crippen LogP contribution is 2.44. The second-order valence-corrected chi connectivity index (χ2v) is 5.93. The maximum Gasteiger partial charge on any atom is 0.224 e. The maximum absolute atomic E-state index is 11.9. The molecule has 3 aliphatic rings. The predicted molar refractivity (Wildman–Crippen MR) is 64.5 cm³/mol. The third kappa shape index (κ3) is 2.33. The summed E-state index contributed by atoms with van der Waals surface area (Å²) in [4.78, 5) is 16.1. The van der Waals surface area contributed by atoms with Gasteiger partial charge < -0.3 is 14.9 Å². The molecule has 1 aliphatic carbocycles. The minimum absolute atomic E-state index is 0.224. The highest BCUT2D eigenvalue weighted by Gasteiger charge is 2.53. The smallest absolute Gasteiger partial charge is 0.224 e. The van der Waals surface area contributed by atoms with Gasteiger partial charge in [0, 0.05) is 13.0 Å². The number of amides is 1. The van der Waals surface area contributed by atoms with Crippen LogP contribution in [0.3, 0.4) is 0 Å². The van der Waals surface area contributed by atoms with E-state index in [2.05, 4.69) is 4.90 Å². The van der Waals surface area contributed by atoms with Crippen molar-refractivity contribution in [3.63, 3.8) is 0 Å². The van der Waals surface area contributed by atoms with Crippen molar-refractivity contribution in [1.29, 1.82) is 0 Å². The SMILES string of the molecule is O=C(CCN1CCCC1)N1CC(O)(C2CC2)C1. The summed E-state index contributed by atoms with van der Waals surface area (Å²) >= 11 is 0. The van der Waals surface area contributed by atoms with E-state index >= 15 is 0 Å². The first kappa shape index (κ1) is 11.5. The summed E-state index contributed by atoms with van der Waals surface area (Å²) in [6.45, 7) is 4.36. The Morgan fingerprint density at radius 1 is 1.24 bits per heavy atom. The molecule has 0 aromatic rings. The Kier molecular flexibility index (Phi) is 2.87. The molecule has 2 saturated heterocycles. The number of aliphatic hydroxyl groups is 1. The molecule has 1 saturated carbocycles. The lowest BCUT2D eigenvalue weighted by molar-refractivity contribution is -0.159. The Hall–Kier alpha value is -0.610. The van der Waals surface area contributed by atoms with Crippen LogP contribution in [0.1, 0.15) is 32.1 Å². The molecule has 3 rings (SSSR count). The number of nitrogens with zero attached hydrogens (tertiary/aromatic N) is 2. The molecule has 2 aliphatic heterocycles. The minimum Gasteiger partial charge on any atom is -0.386 e. The van der Waals surface area contributed by atoms with Gasteiger partial charge in [-0.25, -0.2) is 0 Å². The normalized spacial score (nSPS) is 28.2. The number of rotatable bonds is 4. The van der Waals surface area contributed by atoms with Gasteiger partial charge >= 0.3 is 0 Å². The van der Waals surface area contributed by atoms with Crippen LogP contribution in [0.5, 0.6) is 0 Å². The Labute approximate surface area is 103 Å². The largest absolute Gasteiger partial charge is 0.386 e. The van der Waals surface area contributed by atoms with Crippen molar-refractivity contribution < 1.29 is 9.90 Å². The predicted octanol–water partition coefficient (Wildman–Crippen LogP) is 0.456. The molecule has 17 heavy (non-hydrogen) atoms. The van der Waals surface area contributed by atoms with Gasteiger partial charge in [0.2, 0.25) is 5.91 Å². The van der Waals surface area contributed by atoms with E-state index in [1.807, 2.05) is 4.90 Å². The lowest BCUT2D eigenvalue weighted by Gasteiger charge is -2.47. The van der Waals surface area contributed by atoms with Crippen LogP contribution in [0.4, 0.5) is 0 Å². The van der Waals surface area contributed by atoms with Crippen molar-refractivity contribution in [2.24, 2.45) is 5.92 Å². The molecule has 3 fully saturated rings. The lowest BCUT2D eigenvalue weighted by atomic mass is 9.88. The van der Waals surface area contributed by atoms with E-state index in [1.54, 1.807) is 0 Å². The zero-order valence-corrected chi connectivity index (χ0v) is 10.4. The first-order chi connectivity index (χ1) is 8.17. The molecule has 4 nitrogen and oxygen atoms in total. The molecule has 0 aromatic carbocycles. The Morgan fingerprint density at radius 2 is 1.88 bits per heavy atom. The molecule has 1 amide bonds. The standard InChI is InChI=1S/C13H22N2O2/c16-12(5-8-14-6-1-2-7-14)15-9-13(17,10-15)11-3-4-11/h11,17H,1-10H2. The number of hydrogen-bond donors (Lipinski definition) is 1. The van der Waals surface area contributed by atoms with Gasteiger partial charge in [0.05, 0.1) is 13.1 Å². The molecular weight excluding hydrogens is 216 g/mol. The molecule has 0 unspecified atom stereocenters. The first-order valence-corrected chi connectivity index (χ1v) is 6.90. The first-order valence-electron chi connectivity index (χ1n) is 6.90. The fourth-order valence-corrected chi connectivity index (χ4v) is 3.09. The molecule has 96 valence electrons. The van der Waals surface area contributed by atoms with Gasteiger partial charge in [-0.05, 0) is 44.7 Å². The molecule has 0 atom stereocenters. The summed E-state index contributed by atoms with van der Waals surface area (Å²) in [5, 5.41) is 10.1. The highest BCUT2D eigenvalue weighted by atomic mass is 16.3. The average molecular weight is 238 g/mol. The number of likely N-dealkylation sites (tertiary alicyclic amines) is 2. The fraction of sp³-hybridized carbons (Fsp3) is 0.923. The monoisotopic (exact) mass is 238 g/mol. The molecule has 2 heterocycles. The van der Waals surface area contributed by atoms with Crippen LogP contribution in [-0.4, -0.2) is 59.1 Å². The number of carbonyl (C=O) groups is 1. The van der Waals surface area contributed by atoms with E-state index in [-0.39, 0.29) is 5.91 Å². The van der Waals surface area contributed by atoms with E-state index < -0.39 is 5.60 Å². The second kappa shape index (κ2) is 4.25. The summed E-state index contributed by atoms with van der Waals surface area (Å²) in [5.41, 5.74) is -0.524. The zero-order chi connectivity index (χ0) is 11.9. The minimum atomic E-state index is -0.524. The van der Waals surface area contributed by atoms with E-state index in [0.717, 1.165) is 32.5 Å². The second-order valence-electron chi connectivity index (χ2n) is 5.93. The Bertz CT molecular complexity index is 303. The van der Waals surface area contributed by atoms with Gasteiger partial charge in [-0.1, -0.05) is 0 Å². The highest BCUT2D eigenvalue weighted by molar-refractivity contribution is 5.77. The van der Waals surface area contributed by atoms with Gasteiger partial charge in [0.1, 0.15) is 5.60 Å². The number of β-amino-alcohol motifs (C(OH)–C–C–N with tert-alkyl or cyclic N) is 1. The summed E-state index contributed by atoms with van der Waals surface area (Å²) in [5.74, 6) is 0.701. The van der Waals surface area contributed by atoms with E-state index in [4.69, 9.17) is 0 Å². The Balaban J connectivity index is 1.39. The van der Waals surface area contributed by atoms with Crippen LogP contribution in [-0.2, 0) is 4.79 Å². The van der Waals surface area contributed by atoms with E-state index in [0.29, 0.717) is 25.4 Å². The van der Waals surface area contributed by atoms with Gasteiger partial charge in [-0.3, -0.25) is 4.79 Å². The van der Waals surface area contributed by atoms with Crippen molar-refractivity contribution in [3.05, 3.63) is 0 Å².